The number of nitrogens with two attached hydrogens (primary N) is 1. The summed E-state index contributed by atoms with van der Waals surface area (Å²) in [7, 11) is 2.03. The molecule has 0 saturated heterocycles. The van der Waals surface area contributed by atoms with Crippen molar-refractivity contribution in [2.45, 2.75) is 52.0 Å². The lowest BCUT2D eigenvalue weighted by Crippen LogP contribution is -2.47. The Labute approximate surface area is 117 Å². The van der Waals surface area contributed by atoms with E-state index in [1.54, 1.807) is 0 Å². The molecule has 1 saturated carbocycles. The van der Waals surface area contributed by atoms with Crippen molar-refractivity contribution in [3.63, 3.8) is 0 Å². The topological polar surface area (TPSA) is 38.0 Å². The van der Waals surface area contributed by atoms with Gasteiger partial charge in [-0.1, -0.05) is 38.5 Å². The molecular weight excluding hydrogens is 232 g/mol. The van der Waals surface area contributed by atoms with Gasteiger partial charge in [-0.2, -0.15) is 0 Å². The molecule has 2 nitrogen and oxygen atoms in total. The van der Waals surface area contributed by atoms with Crippen LogP contribution in [0.3, 0.4) is 0 Å². The van der Waals surface area contributed by atoms with Crippen LogP contribution in [0.25, 0.3) is 0 Å². The van der Waals surface area contributed by atoms with Crippen LogP contribution in [0.2, 0.25) is 0 Å². The average Bonchev–Trinajstić information content (AvgIpc) is 2.33. The summed E-state index contributed by atoms with van der Waals surface area (Å²) in [5, 5.41) is 3.34. The van der Waals surface area contributed by atoms with Gasteiger partial charge in [0.25, 0.3) is 0 Å². The Morgan fingerprint density at radius 1 is 1.32 bits per heavy atom. The first-order valence-corrected chi connectivity index (χ1v) is 7.51. The molecule has 1 aliphatic rings. The lowest BCUT2D eigenvalue weighted by atomic mass is 9.62. The highest BCUT2D eigenvalue weighted by molar-refractivity contribution is 5.36. The van der Waals surface area contributed by atoms with Gasteiger partial charge in [0.2, 0.25) is 0 Å². The van der Waals surface area contributed by atoms with Crippen LogP contribution >= 0.6 is 0 Å². The predicted octanol–water partition coefficient (Wildman–Crippen LogP) is 3.51. The number of hydrogen-bond acceptors (Lipinski definition) is 2. The summed E-state index contributed by atoms with van der Waals surface area (Å²) < 4.78 is 0. The van der Waals surface area contributed by atoms with E-state index in [0.29, 0.717) is 5.92 Å². The highest BCUT2D eigenvalue weighted by atomic mass is 14.9. The quantitative estimate of drug-likeness (QED) is 0.850. The first-order chi connectivity index (χ1) is 9.00. The number of benzene rings is 1. The molecule has 1 unspecified atom stereocenters. The standard InChI is InChI=1S/C17H28N2/c1-12(2)14-7-6-13(3)15(10-14)16(18)17(11-19-4)8-5-9-17/h6-7,10,12,16,19H,5,8-9,11,18H2,1-4H3. The Morgan fingerprint density at radius 2 is 2.00 bits per heavy atom. The summed E-state index contributed by atoms with van der Waals surface area (Å²) >= 11 is 0. The minimum atomic E-state index is 0.160. The van der Waals surface area contributed by atoms with E-state index >= 15 is 0 Å². The third-order valence-electron chi connectivity index (χ3n) is 4.84. The van der Waals surface area contributed by atoms with E-state index in [-0.39, 0.29) is 11.5 Å². The van der Waals surface area contributed by atoms with Gasteiger partial charge < -0.3 is 11.1 Å². The Morgan fingerprint density at radius 3 is 2.47 bits per heavy atom. The lowest BCUT2D eigenvalue weighted by molar-refractivity contribution is 0.0944. The predicted molar refractivity (Wildman–Crippen MR) is 82.4 cm³/mol. The van der Waals surface area contributed by atoms with E-state index in [1.807, 2.05) is 7.05 Å². The maximum Gasteiger partial charge on any atom is 0.0367 e. The molecule has 0 heterocycles. The molecule has 0 spiro atoms. The van der Waals surface area contributed by atoms with Crippen molar-refractivity contribution in [2.24, 2.45) is 11.1 Å². The Balaban J connectivity index is 2.32. The van der Waals surface area contributed by atoms with Crippen LogP contribution in [-0.4, -0.2) is 13.6 Å². The van der Waals surface area contributed by atoms with E-state index in [0.717, 1.165) is 6.54 Å². The molecular formula is C17H28N2. The Kier molecular flexibility index (Phi) is 4.32. The van der Waals surface area contributed by atoms with Crippen LogP contribution in [0.4, 0.5) is 0 Å². The molecule has 0 amide bonds. The second kappa shape index (κ2) is 5.64. The van der Waals surface area contributed by atoms with Crippen molar-refractivity contribution in [1.82, 2.24) is 5.32 Å². The van der Waals surface area contributed by atoms with Gasteiger partial charge >= 0.3 is 0 Å². The second-order valence-electron chi connectivity index (χ2n) is 6.49. The van der Waals surface area contributed by atoms with E-state index < -0.39 is 0 Å². The largest absolute Gasteiger partial charge is 0.323 e. The molecule has 0 aromatic heterocycles. The van der Waals surface area contributed by atoms with Gasteiger partial charge in [0.1, 0.15) is 0 Å². The molecule has 2 heteroatoms. The fourth-order valence-electron chi connectivity index (χ4n) is 3.26. The summed E-state index contributed by atoms with van der Waals surface area (Å²) in [5.74, 6) is 0.563. The van der Waals surface area contributed by atoms with Crippen molar-refractivity contribution in [3.05, 3.63) is 34.9 Å². The van der Waals surface area contributed by atoms with Crippen molar-refractivity contribution in [2.75, 3.05) is 13.6 Å². The lowest BCUT2D eigenvalue weighted by Gasteiger charge is -2.47. The van der Waals surface area contributed by atoms with Gasteiger partial charge in [-0.15, -0.1) is 0 Å². The number of rotatable bonds is 5. The smallest absolute Gasteiger partial charge is 0.0367 e. The Hall–Kier alpha value is -0.860. The summed E-state index contributed by atoms with van der Waals surface area (Å²) in [6, 6.07) is 6.96. The normalized spacial score (nSPS) is 19.3. The third-order valence-corrected chi connectivity index (χ3v) is 4.84. The van der Waals surface area contributed by atoms with Crippen molar-refractivity contribution < 1.29 is 0 Å². The van der Waals surface area contributed by atoms with Gasteiger partial charge in [0.15, 0.2) is 0 Å². The highest BCUT2D eigenvalue weighted by Gasteiger charge is 2.42. The molecule has 1 aromatic carbocycles. The van der Waals surface area contributed by atoms with Crippen molar-refractivity contribution in [1.29, 1.82) is 0 Å². The third kappa shape index (κ3) is 2.70. The van der Waals surface area contributed by atoms with Gasteiger partial charge in [-0.25, -0.2) is 0 Å². The van der Waals surface area contributed by atoms with Gasteiger partial charge in [0.05, 0.1) is 0 Å². The summed E-state index contributed by atoms with van der Waals surface area (Å²) in [6.07, 6.45) is 3.82. The SMILES string of the molecule is CNCC1(C(N)c2cc(C(C)C)ccc2C)CCC1. The summed E-state index contributed by atoms with van der Waals surface area (Å²) in [5.41, 5.74) is 11.0. The monoisotopic (exact) mass is 260 g/mol. The molecule has 1 atom stereocenters. The van der Waals surface area contributed by atoms with Crippen LogP contribution in [0.15, 0.2) is 18.2 Å². The Bertz CT molecular complexity index is 433. The minimum Gasteiger partial charge on any atom is -0.323 e. The van der Waals surface area contributed by atoms with Gasteiger partial charge in [0, 0.05) is 18.0 Å². The number of nitrogens with one attached hydrogen (secondary N) is 1. The molecule has 0 aliphatic heterocycles. The molecule has 1 fully saturated rings. The average molecular weight is 260 g/mol. The first kappa shape index (κ1) is 14.5. The highest BCUT2D eigenvalue weighted by Crippen LogP contribution is 2.49. The second-order valence-corrected chi connectivity index (χ2v) is 6.49. The van der Waals surface area contributed by atoms with E-state index in [2.05, 4.69) is 44.3 Å². The van der Waals surface area contributed by atoms with Gasteiger partial charge in [-0.3, -0.25) is 0 Å². The van der Waals surface area contributed by atoms with Crippen LogP contribution in [-0.2, 0) is 0 Å². The van der Waals surface area contributed by atoms with E-state index in [4.69, 9.17) is 5.73 Å². The molecule has 2 rings (SSSR count). The number of aryl methyl sites for hydroxylation is 1. The maximum absolute atomic E-state index is 6.65. The van der Waals surface area contributed by atoms with Crippen LogP contribution in [0, 0.1) is 12.3 Å². The molecule has 3 N–H and O–H groups in total. The van der Waals surface area contributed by atoms with Crippen molar-refractivity contribution >= 4 is 0 Å². The maximum atomic E-state index is 6.65. The molecule has 1 aromatic rings. The zero-order valence-corrected chi connectivity index (χ0v) is 12.8. The molecule has 1 aliphatic carbocycles. The van der Waals surface area contributed by atoms with E-state index in [1.165, 1.54) is 36.0 Å². The number of hydrogen-bond donors (Lipinski definition) is 2. The van der Waals surface area contributed by atoms with Crippen LogP contribution in [0.5, 0.6) is 0 Å². The summed E-state index contributed by atoms with van der Waals surface area (Å²) in [6.45, 7) is 7.70. The molecule has 19 heavy (non-hydrogen) atoms. The summed E-state index contributed by atoms with van der Waals surface area (Å²) in [4.78, 5) is 0. The fraction of sp³-hybridized carbons (Fsp3) is 0.647. The zero-order chi connectivity index (χ0) is 14.0. The first-order valence-electron chi connectivity index (χ1n) is 7.51. The zero-order valence-electron chi connectivity index (χ0n) is 12.8. The van der Waals surface area contributed by atoms with E-state index in [9.17, 15) is 0 Å². The minimum absolute atomic E-state index is 0.160. The van der Waals surface area contributed by atoms with Gasteiger partial charge in [-0.05, 0) is 49.4 Å². The van der Waals surface area contributed by atoms with Crippen molar-refractivity contribution in [3.8, 4) is 0 Å². The van der Waals surface area contributed by atoms with Crippen LogP contribution in [0.1, 0.15) is 61.8 Å². The molecule has 106 valence electrons. The molecule has 0 radical (unpaired) electrons. The molecule has 0 bridgehead atoms. The van der Waals surface area contributed by atoms with Crippen LogP contribution < -0.4 is 11.1 Å². The fourth-order valence-corrected chi connectivity index (χ4v) is 3.26.